The zero-order valence-corrected chi connectivity index (χ0v) is 19.2. The molecule has 0 bridgehead atoms. The van der Waals surface area contributed by atoms with Crippen molar-refractivity contribution in [3.05, 3.63) is 35.4 Å². The summed E-state index contributed by atoms with van der Waals surface area (Å²) in [4.78, 5) is 35.6. The van der Waals surface area contributed by atoms with E-state index in [1.54, 1.807) is 20.8 Å². The van der Waals surface area contributed by atoms with Crippen LogP contribution in [-0.4, -0.2) is 36.7 Å². The monoisotopic (exact) mass is 420 g/mol. The summed E-state index contributed by atoms with van der Waals surface area (Å²) in [7, 11) is 0. The SMILES string of the molecule is CC(C)c1ccc([C@H](NC(=O)COC(=O)CCNC(=O)OC(C)(C)C)C(C)C)cc1. The molecule has 1 aromatic rings. The molecule has 0 saturated carbocycles. The van der Waals surface area contributed by atoms with Crippen LogP contribution in [0.25, 0.3) is 0 Å². The van der Waals surface area contributed by atoms with E-state index >= 15 is 0 Å². The van der Waals surface area contributed by atoms with Gasteiger partial charge in [-0.25, -0.2) is 4.79 Å². The van der Waals surface area contributed by atoms with E-state index in [0.717, 1.165) is 5.56 Å². The van der Waals surface area contributed by atoms with Crippen molar-refractivity contribution in [1.29, 1.82) is 0 Å². The van der Waals surface area contributed by atoms with Crippen LogP contribution in [0.15, 0.2) is 24.3 Å². The minimum Gasteiger partial charge on any atom is -0.456 e. The Morgan fingerprint density at radius 3 is 2.03 bits per heavy atom. The van der Waals surface area contributed by atoms with Gasteiger partial charge in [0.25, 0.3) is 5.91 Å². The van der Waals surface area contributed by atoms with Crippen molar-refractivity contribution in [3.8, 4) is 0 Å². The van der Waals surface area contributed by atoms with Crippen molar-refractivity contribution < 1.29 is 23.9 Å². The first-order valence-electron chi connectivity index (χ1n) is 10.4. The van der Waals surface area contributed by atoms with E-state index in [1.165, 1.54) is 5.56 Å². The number of rotatable bonds is 9. The summed E-state index contributed by atoms with van der Waals surface area (Å²) < 4.78 is 10.1. The van der Waals surface area contributed by atoms with Gasteiger partial charge in [-0.1, -0.05) is 52.0 Å². The zero-order chi connectivity index (χ0) is 22.9. The number of hydrogen-bond donors (Lipinski definition) is 2. The molecule has 0 unspecified atom stereocenters. The van der Waals surface area contributed by atoms with E-state index in [1.807, 2.05) is 26.0 Å². The summed E-state index contributed by atoms with van der Waals surface area (Å²) >= 11 is 0. The van der Waals surface area contributed by atoms with E-state index in [-0.39, 0.29) is 37.4 Å². The number of carbonyl (C=O) groups excluding carboxylic acids is 3. The maximum Gasteiger partial charge on any atom is 0.407 e. The van der Waals surface area contributed by atoms with Crippen molar-refractivity contribution in [3.63, 3.8) is 0 Å². The van der Waals surface area contributed by atoms with Crippen LogP contribution in [0.1, 0.15) is 78.0 Å². The first-order chi connectivity index (χ1) is 13.9. The molecule has 0 radical (unpaired) electrons. The fraction of sp³-hybridized carbons (Fsp3) is 0.609. The topological polar surface area (TPSA) is 93.7 Å². The third-order valence-electron chi connectivity index (χ3n) is 4.31. The van der Waals surface area contributed by atoms with Crippen LogP contribution >= 0.6 is 0 Å². The van der Waals surface area contributed by atoms with Gasteiger partial charge in [0, 0.05) is 6.54 Å². The molecule has 0 saturated heterocycles. The molecule has 1 rings (SSSR count). The Labute approximate surface area is 179 Å². The first-order valence-corrected chi connectivity index (χ1v) is 10.4. The number of amides is 2. The van der Waals surface area contributed by atoms with Gasteiger partial charge in [-0.2, -0.15) is 0 Å². The largest absolute Gasteiger partial charge is 0.456 e. The highest BCUT2D eigenvalue weighted by Gasteiger charge is 2.20. The molecule has 0 aliphatic heterocycles. The second kappa shape index (κ2) is 11.6. The minimum absolute atomic E-state index is 0.0448. The normalized spacial score (nSPS) is 12.4. The fourth-order valence-electron chi connectivity index (χ4n) is 2.74. The van der Waals surface area contributed by atoms with E-state index in [9.17, 15) is 14.4 Å². The lowest BCUT2D eigenvalue weighted by Crippen LogP contribution is -2.36. The first kappa shape index (κ1) is 25.5. The number of esters is 1. The fourth-order valence-corrected chi connectivity index (χ4v) is 2.74. The quantitative estimate of drug-likeness (QED) is 0.587. The minimum atomic E-state index is -0.606. The number of hydrogen-bond acceptors (Lipinski definition) is 5. The molecular weight excluding hydrogens is 384 g/mol. The van der Waals surface area contributed by atoms with Crippen molar-refractivity contribution >= 4 is 18.0 Å². The molecule has 168 valence electrons. The summed E-state index contributed by atoms with van der Waals surface area (Å²) in [6.45, 7) is 13.3. The lowest BCUT2D eigenvalue weighted by Gasteiger charge is -2.23. The van der Waals surface area contributed by atoms with Gasteiger partial charge in [0.2, 0.25) is 0 Å². The Balaban J connectivity index is 2.45. The highest BCUT2D eigenvalue weighted by atomic mass is 16.6. The molecule has 30 heavy (non-hydrogen) atoms. The van der Waals surface area contributed by atoms with Crippen molar-refractivity contribution in [2.24, 2.45) is 5.92 Å². The second-order valence-corrected chi connectivity index (χ2v) is 8.95. The standard InChI is InChI=1S/C23H36N2O5/c1-15(2)17-8-10-18(11-9-17)21(16(3)4)25-19(26)14-29-20(27)12-13-24-22(28)30-23(5,6)7/h8-11,15-16,21H,12-14H2,1-7H3,(H,24,28)(H,25,26)/t21-/m1/s1. The lowest BCUT2D eigenvalue weighted by atomic mass is 9.93. The van der Waals surface area contributed by atoms with Crippen LogP contribution in [0.2, 0.25) is 0 Å². The van der Waals surface area contributed by atoms with E-state index in [0.29, 0.717) is 5.92 Å². The number of alkyl carbamates (subject to hydrolysis) is 1. The Morgan fingerprint density at radius 2 is 1.53 bits per heavy atom. The molecular formula is C23H36N2O5. The molecule has 1 atom stereocenters. The third-order valence-corrected chi connectivity index (χ3v) is 4.31. The molecule has 7 heteroatoms. The Hall–Kier alpha value is -2.57. The van der Waals surface area contributed by atoms with E-state index < -0.39 is 17.7 Å². The van der Waals surface area contributed by atoms with Gasteiger partial charge in [0.15, 0.2) is 6.61 Å². The van der Waals surface area contributed by atoms with Crippen LogP contribution in [0.4, 0.5) is 4.79 Å². The van der Waals surface area contributed by atoms with Gasteiger partial charge in [-0.05, 0) is 43.7 Å². The van der Waals surface area contributed by atoms with Crippen molar-refractivity contribution in [2.75, 3.05) is 13.2 Å². The van der Waals surface area contributed by atoms with Gasteiger partial charge >= 0.3 is 12.1 Å². The van der Waals surface area contributed by atoms with Crippen LogP contribution in [-0.2, 0) is 19.1 Å². The molecule has 7 nitrogen and oxygen atoms in total. The molecule has 2 N–H and O–H groups in total. The molecule has 0 fully saturated rings. The zero-order valence-electron chi connectivity index (χ0n) is 19.2. The predicted octanol–water partition coefficient (Wildman–Crippen LogP) is 4.08. The summed E-state index contributed by atoms with van der Waals surface area (Å²) in [5.74, 6) is -0.318. The lowest BCUT2D eigenvalue weighted by molar-refractivity contribution is -0.148. The maximum atomic E-state index is 12.3. The maximum absolute atomic E-state index is 12.3. The van der Waals surface area contributed by atoms with Crippen LogP contribution in [0, 0.1) is 5.92 Å². The van der Waals surface area contributed by atoms with Crippen LogP contribution in [0.5, 0.6) is 0 Å². The van der Waals surface area contributed by atoms with Gasteiger partial charge in [-0.3, -0.25) is 9.59 Å². The van der Waals surface area contributed by atoms with E-state index in [2.05, 4.69) is 36.6 Å². The van der Waals surface area contributed by atoms with Gasteiger partial charge < -0.3 is 20.1 Å². The summed E-state index contributed by atoms with van der Waals surface area (Å²) in [6, 6.07) is 8.01. The van der Waals surface area contributed by atoms with Gasteiger partial charge in [0.05, 0.1) is 12.5 Å². The molecule has 0 heterocycles. The highest BCUT2D eigenvalue weighted by molar-refractivity contribution is 5.81. The molecule has 2 amide bonds. The van der Waals surface area contributed by atoms with Gasteiger partial charge in [0.1, 0.15) is 5.60 Å². The second-order valence-electron chi connectivity index (χ2n) is 8.95. The summed E-state index contributed by atoms with van der Waals surface area (Å²) in [6.07, 6.45) is -0.645. The molecule has 0 aliphatic rings. The van der Waals surface area contributed by atoms with Crippen molar-refractivity contribution in [1.82, 2.24) is 10.6 Å². The van der Waals surface area contributed by atoms with Crippen LogP contribution in [0.3, 0.4) is 0 Å². The van der Waals surface area contributed by atoms with Gasteiger partial charge in [-0.15, -0.1) is 0 Å². The van der Waals surface area contributed by atoms with Crippen molar-refractivity contribution in [2.45, 2.75) is 72.4 Å². The average Bonchev–Trinajstić information content (AvgIpc) is 2.62. The van der Waals surface area contributed by atoms with E-state index in [4.69, 9.17) is 9.47 Å². The number of nitrogens with one attached hydrogen (secondary N) is 2. The third kappa shape index (κ3) is 9.76. The smallest absolute Gasteiger partial charge is 0.407 e. The number of benzene rings is 1. The summed E-state index contributed by atoms with van der Waals surface area (Å²) in [5, 5.41) is 5.41. The Morgan fingerprint density at radius 1 is 0.967 bits per heavy atom. The average molecular weight is 421 g/mol. The summed E-state index contributed by atoms with van der Waals surface area (Å²) in [5.41, 5.74) is 1.64. The Kier molecular flexibility index (Phi) is 9.82. The molecule has 0 aliphatic carbocycles. The molecule has 1 aromatic carbocycles. The highest BCUT2D eigenvalue weighted by Crippen LogP contribution is 2.24. The molecule has 0 aromatic heterocycles. The van der Waals surface area contributed by atoms with Crippen LogP contribution < -0.4 is 10.6 Å². The Bertz CT molecular complexity index is 705. The number of ether oxygens (including phenoxy) is 2. The molecule has 0 spiro atoms. The number of carbonyl (C=O) groups is 3. The predicted molar refractivity (Wildman–Crippen MR) is 116 cm³/mol.